The van der Waals surface area contributed by atoms with E-state index in [1.54, 1.807) is 29.2 Å². The predicted molar refractivity (Wildman–Crippen MR) is 78.3 cm³/mol. The lowest BCUT2D eigenvalue weighted by Gasteiger charge is -2.28. The summed E-state index contributed by atoms with van der Waals surface area (Å²) in [5, 5.41) is 8.88. The Kier molecular flexibility index (Phi) is 3.44. The third-order valence-corrected chi connectivity index (χ3v) is 3.76. The molecular formula is C17H15NO3. The van der Waals surface area contributed by atoms with E-state index in [1.807, 2.05) is 24.3 Å². The molecule has 0 fully saturated rings. The molecule has 0 saturated carbocycles. The number of hydrogen-bond donors (Lipinski definition) is 1. The summed E-state index contributed by atoms with van der Waals surface area (Å²) in [4.78, 5) is 25.1. The maximum atomic E-state index is 12.4. The van der Waals surface area contributed by atoms with Gasteiger partial charge in [0.1, 0.15) is 0 Å². The molecule has 0 unspecified atom stereocenters. The van der Waals surface area contributed by atoms with Gasteiger partial charge in [0.25, 0.3) is 5.91 Å². The SMILES string of the molecule is O=C(O)c1ccc(CN2CCc3ccccc3C2=O)cc1. The second-order valence-electron chi connectivity index (χ2n) is 5.14. The Labute approximate surface area is 122 Å². The van der Waals surface area contributed by atoms with Gasteiger partial charge in [0, 0.05) is 18.7 Å². The second-order valence-corrected chi connectivity index (χ2v) is 5.14. The highest BCUT2D eigenvalue weighted by Crippen LogP contribution is 2.20. The predicted octanol–water partition coefficient (Wildman–Crippen LogP) is 2.58. The van der Waals surface area contributed by atoms with E-state index in [0.29, 0.717) is 13.1 Å². The van der Waals surface area contributed by atoms with E-state index in [1.165, 1.54) is 0 Å². The summed E-state index contributed by atoms with van der Waals surface area (Å²) < 4.78 is 0. The van der Waals surface area contributed by atoms with Gasteiger partial charge in [-0.1, -0.05) is 30.3 Å². The molecule has 1 heterocycles. The van der Waals surface area contributed by atoms with Gasteiger partial charge in [0.15, 0.2) is 0 Å². The molecule has 1 aliphatic heterocycles. The highest BCUT2D eigenvalue weighted by atomic mass is 16.4. The average molecular weight is 281 g/mol. The first kappa shape index (κ1) is 13.4. The monoisotopic (exact) mass is 281 g/mol. The molecule has 0 atom stereocenters. The first-order valence-electron chi connectivity index (χ1n) is 6.84. The van der Waals surface area contributed by atoms with Crippen LogP contribution < -0.4 is 0 Å². The molecule has 0 radical (unpaired) electrons. The molecule has 21 heavy (non-hydrogen) atoms. The first-order valence-corrected chi connectivity index (χ1v) is 6.84. The van der Waals surface area contributed by atoms with Crippen LogP contribution in [0.25, 0.3) is 0 Å². The molecule has 1 amide bonds. The molecular weight excluding hydrogens is 266 g/mol. The van der Waals surface area contributed by atoms with Crippen molar-refractivity contribution in [3.63, 3.8) is 0 Å². The first-order chi connectivity index (χ1) is 10.1. The zero-order valence-corrected chi connectivity index (χ0v) is 11.5. The summed E-state index contributed by atoms with van der Waals surface area (Å²) in [7, 11) is 0. The molecule has 1 N–H and O–H groups in total. The van der Waals surface area contributed by atoms with Crippen LogP contribution in [0.15, 0.2) is 48.5 Å². The van der Waals surface area contributed by atoms with Crippen LogP contribution in [0.5, 0.6) is 0 Å². The molecule has 4 heteroatoms. The molecule has 2 aromatic carbocycles. The van der Waals surface area contributed by atoms with Gasteiger partial charge in [-0.25, -0.2) is 4.79 Å². The summed E-state index contributed by atoms with van der Waals surface area (Å²) in [6.45, 7) is 1.20. The van der Waals surface area contributed by atoms with Crippen LogP contribution in [-0.4, -0.2) is 28.4 Å². The van der Waals surface area contributed by atoms with Crippen molar-refractivity contribution in [3.05, 3.63) is 70.8 Å². The van der Waals surface area contributed by atoms with Crippen LogP contribution in [0.1, 0.15) is 31.8 Å². The fraction of sp³-hybridized carbons (Fsp3) is 0.176. The van der Waals surface area contributed by atoms with Gasteiger partial charge in [-0.05, 0) is 35.7 Å². The summed E-state index contributed by atoms with van der Waals surface area (Å²) in [6.07, 6.45) is 0.856. The minimum absolute atomic E-state index is 0.0409. The lowest BCUT2D eigenvalue weighted by Crippen LogP contribution is -2.36. The minimum Gasteiger partial charge on any atom is -0.478 e. The third kappa shape index (κ3) is 2.65. The molecule has 3 rings (SSSR count). The molecule has 0 aliphatic carbocycles. The minimum atomic E-state index is -0.940. The number of fused-ring (bicyclic) bond motifs is 1. The van der Waals surface area contributed by atoms with E-state index >= 15 is 0 Å². The Bertz CT molecular complexity index is 691. The standard InChI is InChI=1S/C17H15NO3/c19-16-15-4-2-1-3-13(15)9-10-18(16)11-12-5-7-14(8-6-12)17(20)21/h1-8H,9-11H2,(H,20,21). The second kappa shape index (κ2) is 5.40. The van der Waals surface area contributed by atoms with Crippen LogP contribution in [-0.2, 0) is 13.0 Å². The van der Waals surface area contributed by atoms with E-state index < -0.39 is 5.97 Å². The zero-order chi connectivity index (χ0) is 14.8. The molecule has 0 spiro atoms. The Morgan fingerprint density at radius 1 is 1.10 bits per heavy atom. The van der Waals surface area contributed by atoms with Crippen molar-refractivity contribution in [1.82, 2.24) is 4.90 Å². The molecule has 1 aliphatic rings. The molecule has 0 saturated heterocycles. The Morgan fingerprint density at radius 3 is 2.52 bits per heavy atom. The number of amides is 1. The molecule has 2 aromatic rings. The lowest BCUT2D eigenvalue weighted by molar-refractivity contribution is 0.0693. The number of carboxylic acids is 1. The summed E-state index contributed by atoms with van der Waals surface area (Å²) in [5.41, 5.74) is 3.06. The van der Waals surface area contributed by atoms with E-state index in [9.17, 15) is 9.59 Å². The van der Waals surface area contributed by atoms with Gasteiger partial charge < -0.3 is 10.0 Å². The van der Waals surface area contributed by atoms with Crippen molar-refractivity contribution in [3.8, 4) is 0 Å². The number of aromatic carboxylic acids is 1. The van der Waals surface area contributed by atoms with E-state index in [-0.39, 0.29) is 11.5 Å². The highest BCUT2D eigenvalue weighted by molar-refractivity contribution is 5.96. The van der Waals surface area contributed by atoms with Crippen molar-refractivity contribution in [2.24, 2.45) is 0 Å². The number of carbonyl (C=O) groups is 2. The maximum absolute atomic E-state index is 12.4. The highest BCUT2D eigenvalue weighted by Gasteiger charge is 2.23. The van der Waals surface area contributed by atoms with Crippen LogP contribution >= 0.6 is 0 Å². The van der Waals surface area contributed by atoms with Crippen LogP contribution in [0.4, 0.5) is 0 Å². The van der Waals surface area contributed by atoms with Gasteiger partial charge in [-0.15, -0.1) is 0 Å². The summed E-state index contributed by atoms with van der Waals surface area (Å²) in [5.74, 6) is -0.899. The van der Waals surface area contributed by atoms with E-state index in [0.717, 1.165) is 23.1 Å². The fourth-order valence-electron chi connectivity index (χ4n) is 2.60. The van der Waals surface area contributed by atoms with Gasteiger partial charge in [-0.2, -0.15) is 0 Å². The van der Waals surface area contributed by atoms with E-state index in [2.05, 4.69) is 0 Å². The van der Waals surface area contributed by atoms with Gasteiger partial charge in [-0.3, -0.25) is 4.79 Å². The van der Waals surface area contributed by atoms with Crippen molar-refractivity contribution < 1.29 is 14.7 Å². The normalized spacial score (nSPS) is 13.9. The van der Waals surface area contributed by atoms with E-state index in [4.69, 9.17) is 5.11 Å². The molecule has 106 valence electrons. The fourth-order valence-corrected chi connectivity index (χ4v) is 2.60. The van der Waals surface area contributed by atoms with Crippen molar-refractivity contribution in [2.45, 2.75) is 13.0 Å². The van der Waals surface area contributed by atoms with Gasteiger partial charge in [0.2, 0.25) is 0 Å². The Hall–Kier alpha value is -2.62. The summed E-state index contributed by atoms with van der Waals surface area (Å²) >= 11 is 0. The zero-order valence-electron chi connectivity index (χ0n) is 11.5. The number of carbonyl (C=O) groups excluding carboxylic acids is 1. The number of nitrogens with zero attached hydrogens (tertiary/aromatic N) is 1. The number of carboxylic acid groups (broad SMARTS) is 1. The topological polar surface area (TPSA) is 57.6 Å². The average Bonchev–Trinajstić information content (AvgIpc) is 2.51. The van der Waals surface area contributed by atoms with Crippen molar-refractivity contribution >= 4 is 11.9 Å². The third-order valence-electron chi connectivity index (χ3n) is 3.76. The number of rotatable bonds is 3. The molecule has 0 bridgehead atoms. The van der Waals surface area contributed by atoms with Crippen LogP contribution in [0.2, 0.25) is 0 Å². The van der Waals surface area contributed by atoms with Crippen molar-refractivity contribution in [2.75, 3.05) is 6.54 Å². The molecule has 0 aromatic heterocycles. The van der Waals surface area contributed by atoms with Crippen LogP contribution in [0.3, 0.4) is 0 Å². The van der Waals surface area contributed by atoms with Gasteiger partial charge in [0.05, 0.1) is 5.56 Å². The number of benzene rings is 2. The molecule has 4 nitrogen and oxygen atoms in total. The van der Waals surface area contributed by atoms with Crippen molar-refractivity contribution in [1.29, 1.82) is 0 Å². The Morgan fingerprint density at radius 2 is 1.81 bits per heavy atom. The summed E-state index contributed by atoms with van der Waals surface area (Å²) in [6, 6.07) is 14.3. The van der Waals surface area contributed by atoms with Gasteiger partial charge >= 0.3 is 5.97 Å². The quantitative estimate of drug-likeness (QED) is 0.940. The smallest absolute Gasteiger partial charge is 0.335 e. The number of hydrogen-bond acceptors (Lipinski definition) is 2. The maximum Gasteiger partial charge on any atom is 0.335 e. The largest absolute Gasteiger partial charge is 0.478 e. The Balaban J connectivity index is 1.77. The van der Waals surface area contributed by atoms with Crippen LogP contribution in [0, 0.1) is 0 Å². The lowest BCUT2D eigenvalue weighted by atomic mass is 9.98.